The van der Waals surface area contributed by atoms with Gasteiger partial charge in [0.2, 0.25) is 0 Å². The van der Waals surface area contributed by atoms with Crippen LogP contribution in [0.4, 0.5) is 0 Å². The van der Waals surface area contributed by atoms with Crippen LogP contribution in [0.5, 0.6) is 0 Å². The van der Waals surface area contributed by atoms with Gasteiger partial charge in [0.1, 0.15) is 0 Å². The van der Waals surface area contributed by atoms with Gasteiger partial charge >= 0.3 is 5.97 Å². The number of benzene rings is 3. The van der Waals surface area contributed by atoms with Crippen LogP contribution in [0, 0.1) is 4.91 Å². The van der Waals surface area contributed by atoms with Crippen molar-refractivity contribution in [3.8, 4) is 0 Å². The van der Waals surface area contributed by atoms with E-state index in [-0.39, 0.29) is 0 Å². The van der Waals surface area contributed by atoms with E-state index in [1.807, 2.05) is 91.0 Å². The molecule has 0 saturated carbocycles. The lowest BCUT2D eigenvalue weighted by Crippen LogP contribution is -2.35. The third-order valence-corrected chi connectivity index (χ3v) is 4.14. The maximum absolute atomic E-state index is 12.6. The summed E-state index contributed by atoms with van der Waals surface area (Å²) < 4.78 is 6.12. The fourth-order valence-electron chi connectivity index (χ4n) is 2.92. The number of rotatable bonds is 5. The number of nitrogens with zero attached hydrogens (tertiary/aromatic N) is 1. The van der Waals surface area contributed by atoms with E-state index in [0.29, 0.717) is 5.57 Å². The molecular weight excluding hydrogens is 354 g/mol. The molecule has 0 heterocycles. The molecule has 3 aromatic carbocycles. The summed E-state index contributed by atoms with van der Waals surface area (Å²) in [6, 6.07) is 29.4. The quantitative estimate of drug-likeness (QED) is 0.217. The number of carbonyl (C=O) groups excluding carboxylic acids is 1. The molecule has 0 atom stereocenters. The molecule has 0 unspecified atom stereocenters. The number of hydrogen-bond donors (Lipinski definition) is 1. The summed E-state index contributed by atoms with van der Waals surface area (Å²) in [7, 11) is 0. The van der Waals surface area contributed by atoms with E-state index in [9.17, 15) is 4.79 Å². The van der Waals surface area contributed by atoms with E-state index < -0.39 is 11.6 Å². The molecule has 0 amide bonds. The first-order valence-electron chi connectivity index (χ1n) is 8.58. The van der Waals surface area contributed by atoms with E-state index in [2.05, 4.69) is 6.58 Å². The van der Waals surface area contributed by atoms with Gasteiger partial charge in [-0.2, -0.15) is 0 Å². The summed E-state index contributed by atoms with van der Waals surface area (Å²) in [5.41, 5.74) is 2.01. The van der Waals surface area contributed by atoms with Crippen LogP contribution in [0.25, 0.3) is 0 Å². The van der Waals surface area contributed by atoms with Crippen molar-refractivity contribution in [2.45, 2.75) is 12.5 Å². The lowest BCUT2D eigenvalue weighted by molar-refractivity contribution is -0.148. The number of carbonyl (C=O) groups is 1. The van der Waals surface area contributed by atoms with Gasteiger partial charge in [-0.25, -0.2) is 4.79 Å². The minimum absolute atomic E-state index is 0.368. The van der Waals surface area contributed by atoms with Crippen molar-refractivity contribution in [2.24, 2.45) is 5.34 Å². The highest BCUT2D eigenvalue weighted by Crippen LogP contribution is 2.40. The van der Waals surface area contributed by atoms with Crippen LogP contribution in [0.2, 0.25) is 0 Å². The van der Waals surface area contributed by atoms with Gasteiger partial charge in [-0.1, -0.05) is 97.6 Å². The molecule has 3 rings (SSSR count). The molecule has 5 nitrogen and oxygen atoms in total. The first-order valence-corrected chi connectivity index (χ1v) is 8.58. The Hall–Kier alpha value is -3.73. The van der Waals surface area contributed by atoms with Gasteiger partial charge in [0.25, 0.3) is 0 Å². The lowest BCUT2D eigenvalue weighted by Gasteiger charge is -2.35. The van der Waals surface area contributed by atoms with Gasteiger partial charge in [0.05, 0.1) is 0 Å². The molecule has 0 radical (unpaired) electrons. The van der Waals surface area contributed by atoms with Gasteiger partial charge in [-0.15, -0.1) is 4.91 Å². The summed E-state index contributed by atoms with van der Waals surface area (Å²) >= 11 is 0. The molecule has 0 aromatic heterocycles. The van der Waals surface area contributed by atoms with E-state index >= 15 is 0 Å². The minimum atomic E-state index is -1.03. The fraction of sp³-hybridized carbons (Fsp3) is 0.0870. The molecule has 3 aromatic rings. The van der Waals surface area contributed by atoms with Crippen LogP contribution < -0.4 is 0 Å². The summed E-state index contributed by atoms with van der Waals surface area (Å²) in [4.78, 5) is 20.7. The molecule has 0 saturated heterocycles. The van der Waals surface area contributed by atoms with Crippen molar-refractivity contribution < 1.29 is 14.7 Å². The smallest absolute Gasteiger partial charge is 0.334 e. The Labute approximate surface area is 163 Å². The van der Waals surface area contributed by atoms with Crippen molar-refractivity contribution in [3.63, 3.8) is 0 Å². The molecule has 0 aliphatic heterocycles. The Balaban J connectivity index is 0.000000878. The van der Waals surface area contributed by atoms with Gasteiger partial charge < -0.3 is 9.94 Å². The van der Waals surface area contributed by atoms with Crippen molar-refractivity contribution >= 4 is 5.97 Å². The lowest BCUT2D eigenvalue weighted by atomic mass is 9.80. The first-order chi connectivity index (χ1) is 13.6. The van der Waals surface area contributed by atoms with E-state index in [4.69, 9.17) is 14.9 Å². The maximum Gasteiger partial charge on any atom is 0.334 e. The molecular formula is C23H21NO4. The predicted octanol–water partition coefficient (Wildman–Crippen LogP) is 5.24. The third-order valence-electron chi connectivity index (χ3n) is 4.14. The average molecular weight is 375 g/mol. The van der Waals surface area contributed by atoms with E-state index in [1.54, 1.807) is 6.92 Å². The van der Waals surface area contributed by atoms with E-state index in [0.717, 1.165) is 16.7 Å². The second kappa shape index (κ2) is 9.83. The van der Waals surface area contributed by atoms with E-state index in [1.165, 1.54) is 5.34 Å². The van der Waals surface area contributed by atoms with Crippen molar-refractivity contribution in [3.05, 3.63) is 125 Å². The highest BCUT2D eigenvalue weighted by molar-refractivity contribution is 5.88. The number of hydrogen-bond acceptors (Lipinski definition) is 4. The molecule has 0 fully saturated rings. The Kier molecular flexibility index (Phi) is 7.22. The van der Waals surface area contributed by atoms with Gasteiger partial charge in [-0.05, 0) is 6.92 Å². The third kappa shape index (κ3) is 4.51. The van der Waals surface area contributed by atoms with Crippen LogP contribution in [0.15, 0.2) is 108 Å². The second-order valence-electron chi connectivity index (χ2n) is 6.03. The Morgan fingerprint density at radius 1 is 0.821 bits per heavy atom. The van der Waals surface area contributed by atoms with Crippen molar-refractivity contribution in [1.29, 1.82) is 0 Å². The first kappa shape index (κ1) is 20.6. The zero-order valence-corrected chi connectivity index (χ0v) is 15.5. The summed E-state index contributed by atoms with van der Waals surface area (Å²) in [6.45, 7) is 5.41. The Morgan fingerprint density at radius 3 is 1.36 bits per heavy atom. The van der Waals surface area contributed by atoms with Crippen LogP contribution in [0.1, 0.15) is 23.6 Å². The summed E-state index contributed by atoms with van der Waals surface area (Å²) in [6.07, 6.45) is 0. The number of esters is 1. The van der Waals surface area contributed by atoms with Crippen LogP contribution in [-0.2, 0) is 15.1 Å². The van der Waals surface area contributed by atoms with Crippen molar-refractivity contribution in [1.82, 2.24) is 0 Å². The van der Waals surface area contributed by atoms with Gasteiger partial charge in [0, 0.05) is 22.3 Å². The maximum atomic E-state index is 12.6. The monoisotopic (exact) mass is 375 g/mol. The fourth-order valence-corrected chi connectivity index (χ4v) is 2.92. The Bertz CT molecular complexity index is 812. The topological polar surface area (TPSA) is 76.0 Å². The zero-order chi connectivity index (χ0) is 20.4. The molecule has 0 bridgehead atoms. The predicted molar refractivity (Wildman–Crippen MR) is 108 cm³/mol. The van der Waals surface area contributed by atoms with Crippen LogP contribution in [-0.4, -0.2) is 11.2 Å². The summed E-state index contributed by atoms with van der Waals surface area (Å²) in [5.74, 6) is -0.420. The Morgan fingerprint density at radius 2 is 1.11 bits per heavy atom. The second-order valence-corrected chi connectivity index (χ2v) is 6.03. The zero-order valence-electron chi connectivity index (χ0n) is 15.5. The van der Waals surface area contributed by atoms with Gasteiger partial charge in [-0.3, -0.25) is 0 Å². The molecule has 5 heteroatoms. The molecule has 1 N–H and O–H groups in total. The standard InChI is InChI=1S/C23H20O2.HNO2/c1-18(2)22(24)25-23(19-12-6-3-7-13-19,20-14-8-4-9-15-20)21-16-10-5-11-17-21;2-1-3/h3-17H,1H2,2H3;(H,2,3). The van der Waals surface area contributed by atoms with Crippen molar-refractivity contribution in [2.75, 3.05) is 0 Å². The highest BCUT2D eigenvalue weighted by atomic mass is 16.6. The SMILES string of the molecule is C=C(C)C(=O)OC(c1ccccc1)(c1ccccc1)c1ccccc1.O=NO. The van der Waals surface area contributed by atoms with Crippen LogP contribution in [0.3, 0.4) is 0 Å². The molecule has 28 heavy (non-hydrogen) atoms. The largest absolute Gasteiger partial charge is 0.441 e. The van der Waals surface area contributed by atoms with Gasteiger partial charge in [0.15, 0.2) is 10.9 Å². The highest BCUT2D eigenvalue weighted by Gasteiger charge is 2.40. The molecule has 142 valence electrons. The minimum Gasteiger partial charge on any atom is -0.441 e. The number of ether oxygens (including phenoxy) is 1. The average Bonchev–Trinajstić information content (AvgIpc) is 2.74. The molecule has 0 aliphatic carbocycles. The van der Waals surface area contributed by atoms with Crippen LogP contribution >= 0.6 is 0 Å². The normalized spacial score (nSPS) is 10.2. The summed E-state index contributed by atoms with van der Waals surface area (Å²) in [5, 5.41) is 7.89. The molecule has 0 spiro atoms. The molecule has 0 aliphatic rings.